The molecule has 24 heavy (non-hydrogen) atoms. The number of carbonyl (C=O) groups excluding carboxylic acids is 1. The van der Waals surface area contributed by atoms with Crippen LogP contribution in [0.15, 0.2) is 18.2 Å². The number of aryl methyl sites for hydroxylation is 1. The van der Waals surface area contributed by atoms with Gasteiger partial charge in [0, 0.05) is 27.7 Å². The lowest BCUT2D eigenvalue weighted by Gasteiger charge is -2.08. The van der Waals surface area contributed by atoms with Crippen LogP contribution in [0.3, 0.4) is 0 Å². The highest BCUT2D eigenvalue weighted by Crippen LogP contribution is 2.25. The Bertz CT molecular complexity index is 706. The summed E-state index contributed by atoms with van der Waals surface area (Å²) in [4.78, 5) is 11.8. The fraction of sp³-hybridized carbons (Fsp3) is 0.444. The third kappa shape index (κ3) is 4.52. The maximum absolute atomic E-state index is 11.8. The molecule has 0 spiro atoms. The molecule has 0 bridgehead atoms. The van der Waals surface area contributed by atoms with E-state index in [2.05, 4.69) is 18.9 Å². The first-order chi connectivity index (χ1) is 11.5. The molecule has 0 radical (unpaired) electrons. The first-order valence-electron chi connectivity index (χ1n) is 8.16. The van der Waals surface area contributed by atoms with E-state index in [4.69, 9.17) is 27.9 Å². The topological polar surface area (TPSA) is 44.1 Å². The van der Waals surface area contributed by atoms with Gasteiger partial charge in [0.1, 0.15) is 6.54 Å². The number of carbonyl (C=O) groups is 1. The van der Waals surface area contributed by atoms with Crippen LogP contribution in [0.5, 0.6) is 0 Å². The molecule has 6 heteroatoms. The van der Waals surface area contributed by atoms with Gasteiger partial charge in [0.15, 0.2) is 0 Å². The molecule has 0 N–H and O–H groups in total. The molecular weight excluding hydrogens is 347 g/mol. The Hall–Kier alpha value is -1.52. The number of benzene rings is 1. The summed E-state index contributed by atoms with van der Waals surface area (Å²) in [5.41, 5.74) is 4.22. The summed E-state index contributed by atoms with van der Waals surface area (Å²) in [6, 6.07) is 5.54. The molecule has 1 aromatic carbocycles. The number of halogens is 2. The fourth-order valence-electron chi connectivity index (χ4n) is 2.85. The zero-order chi connectivity index (χ0) is 17.7. The Morgan fingerprint density at radius 1 is 1.12 bits per heavy atom. The Morgan fingerprint density at radius 2 is 1.79 bits per heavy atom. The van der Waals surface area contributed by atoms with Crippen molar-refractivity contribution in [3.63, 3.8) is 0 Å². The summed E-state index contributed by atoms with van der Waals surface area (Å²) in [7, 11) is 0. The molecule has 0 saturated carbocycles. The second-order valence-corrected chi connectivity index (χ2v) is 6.37. The lowest BCUT2D eigenvalue weighted by molar-refractivity contribution is -0.144. The van der Waals surface area contributed by atoms with Crippen molar-refractivity contribution >= 4 is 29.2 Å². The van der Waals surface area contributed by atoms with E-state index in [0.717, 1.165) is 35.4 Å². The van der Waals surface area contributed by atoms with Crippen LogP contribution in [0, 0.1) is 0 Å². The van der Waals surface area contributed by atoms with E-state index < -0.39 is 0 Å². The van der Waals surface area contributed by atoms with Gasteiger partial charge in [-0.3, -0.25) is 9.48 Å². The average Bonchev–Trinajstić information content (AvgIpc) is 2.82. The van der Waals surface area contributed by atoms with Crippen molar-refractivity contribution < 1.29 is 9.53 Å². The molecule has 1 heterocycles. The second-order valence-electron chi connectivity index (χ2n) is 5.50. The van der Waals surface area contributed by atoms with Crippen molar-refractivity contribution in [2.75, 3.05) is 6.61 Å². The van der Waals surface area contributed by atoms with Crippen LogP contribution in [0.25, 0.3) is 0 Å². The van der Waals surface area contributed by atoms with Crippen molar-refractivity contribution in [1.29, 1.82) is 0 Å². The Morgan fingerprint density at radius 3 is 2.33 bits per heavy atom. The monoisotopic (exact) mass is 368 g/mol. The van der Waals surface area contributed by atoms with E-state index in [1.165, 1.54) is 0 Å². The van der Waals surface area contributed by atoms with Crippen molar-refractivity contribution in [2.45, 2.75) is 46.6 Å². The molecule has 0 aliphatic rings. The van der Waals surface area contributed by atoms with Crippen LogP contribution in [-0.4, -0.2) is 22.4 Å². The molecule has 0 saturated heterocycles. The molecule has 0 aliphatic heterocycles. The number of rotatable bonds is 7. The highest BCUT2D eigenvalue weighted by molar-refractivity contribution is 6.34. The first-order valence-corrected chi connectivity index (χ1v) is 8.92. The van der Waals surface area contributed by atoms with Crippen LogP contribution >= 0.6 is 23.2 Å². The summed E-state index contributed by atoms with van der Waals surface area (Å²) in [5, 5.41) is 5.85. The first kappa shape index (κ1) is 18.8. The second kappa shape index (κ2) is 8.54. The minimum atomic E-state index is -0.269. The zero-order valence-corrected chi connectivity index (χ0v) is 15.7. The van der Waals surface area contributed by atoms with E-state index in [1.54, 1.807) is 17.7 Å². The largest absolute Gasteiger partial charge is 0.465 e. The molecule has 0 aliphatic carbocycles. The van der Waals surface area contributed by atoms with Crippen LogP contribution in [-0.2, 0) is 35.3 Å². The molecule has 4 nitrogen and oxygen atoms in total. The summed E-state index contributed by atoms with van der Waals surface area (Å²) < 4.78 is 6.81. The van der Waals surface area contributed by atoms with Gasteiger partial charge < -0.3 is 4.74 Å². The Kier molecular flexibility index (Phi) is 6.69. The lowest BCUT2D eigenvalue weighted by atomic mass is 10.0. The number of aromatic nitrogens is 2. The zero-order valence-electron chi connectivity index (χ0n) is 14.2. The molecule has 0 atom stereocenters. The number of hydrogen-bond donors (Lipinski definition) is 0. The van der Waals surface area contributed by atoms with Gasteiger partial charge in [-0.05, 0) is 43.5 Å². The van der Waals surface area contributed by atoms with Crippen LogP contribution in [0.1, 0.15) is 43.3 Å². The standard InChI is InChI=1S/C18H22Cl2N2O2/c1-4-16-15(9-12-7-13(19)10-14(20)8-12)17(5-2)22(21-16)11-18(23)24-6-3/h7-8,10H,4-6,9,11H2,1-3H3. The van der Waals surface area contributed by atoms with Gasteiger partial charge in [0.25, 0.3) is 0 Å². The predicted octanol–water partition coefficient (Wildman–Crippen LogP) is 4.47. The van der Waals surface area contributed by atoms with Gasteiger partial charge in [-0.15, -0.1) is 0 Å². The minimum Gasteiger partial charge on any atom is -0.465 e. The van der Waals surface area contributed by atoms with Gasteiger partial charge in [-0.25, -0.2) is 0 Å². The third-order valence-electron chi connectivity index (χ3n) is 3.81. The number of nitrogens with zero attached hydrogens (tertiary/aromatic N) is 2. The normalized spacial score (nSPS) is 10.9. The molecule has 130 valence electrons. The van der Waals surface area contributed by atoms with Crippen LogP contribution in [0.2, 0.25) is 10.0 Å². The van der Waals surface area contributed by atoms with E-state index in [1.807, 2.05) is 12.1 Å². The van der Waals surface area contributed by atoms with Crippen LogP contribution in [0.4, 0.5) is 0 Å². The third-order valence-corrected chi connectivity index (χ3v) is 4.24. The van der Waals surface area contributed by atoms with Gasteiger partial charge in [0.2, 0.25) is 0 Å². The van der Waals surface area contributed by atoms with Crippen molar-refractivity contribution in [2.24, 2.45) is 0 Å². The van der Waals surface area contributed by atoms with Crippen LogP contribution < -0.4 is 0 Å². The van der Waals surface area contributed by atoms with Crippen molar-refractivity contribution in [1.82, 2.24) is 9.78 Å². The quantitative estimate of drug-likeness (QED) is 0.677. The highest BCUT2D eigenvalue weighted by atomic mass is 35.5. The Labute approximate surface area is 152 Å². The summed E-state index contributed by atoms with van der Waals surface area (Å²) >= 11 is 12.2. The summed E-state index contributed by atoms with van der Waals surface area (Å²) in [5.74, 6) is -0.269. The maximum atomic E-state index is 11.8. The maximum Gasteiger partial charge on any atom is 0.327 e. The highest BCUT2D eigenvalue weighted by Gasteiger charge is 2.18. The van der Waals surface area contributed by atoms with Gasteiger partial charge >= 0.3 is 5.97 Å². The molecule has 2 aromatic rings. The molecule has 0 amide bonds. The lowest BCUT2D eigenvalue weighted by Crippen LogP contribution is -2.16. The molecule has 0 unspecified atom stereocenters. The van der Waals surface area contributed by atoms with E-state index in [-0.39, 0.29) is 12.5 Å². The molecule has 0 fully saturated rings. The average molecular weight is 369 g/mol. The number of hydrogen-bond acceptors (Lipinski definition) is 3. The summed E-state index contributed by atoms with van der Waals surface area (Å²) in [6.07, 6.45) is 2.28. The van der Waals surface area contributed by atoms with E-state index in [0.29, 0.717) is 23.1 Å². The molecule has 1 aromatic heterocycles. The number of esters is 1. The molecule has 2 rings (SSSR count). The van der Waals surface area contributed by atoms with E-state index in [9.17, 15) is 4.79 Å². The van der Waals surface area contributed by atoms with Crippen molar-refractivity contribution in [3.05, 3.63) is 50.8 Å². The Balaban J connectivity index is 2.37. The van der Waals surface area contributed by atoms with Crippen molar-refractivity contribution in [3.8, 4) is 0 Å². The number of ether oxygens (including phenoxy) is 1. The predicted molar refractivity (Wildman–Crippen MR) is 96.9 cm³/mol. The van der Waals surface area contributed by atoms with Gasteiger partial charge in [-0.1, -0.05) is 37.0 Å². The SMILES string of the molecule is CCOC(=O)Cn1nc(CC)c(Cc2cc(Cl)cc(Cl)c2)c1CC. The summed E-state index contributed by atoms with van der Waals surface area (Å²) in [6.45, 7) is 6.43. The van der Waals surface area contributed by atoms with Gasteiger partial charge in [-0.2, -0.15) is 5.10 Å². The fourth-order valence-corrected chi connectivity index (χ4v) is 3.42. The minimum absolute atomic E-state index is 0.139. The van der Waals surface area contributed by atoms with Gasteiger partial charge in [0.05, 0.1) is 12.3 Å². The van der Waals surface area contributed by atoms with E-state index >= 15 is 0 Å². The molecular formula is C18H22Cl2N2O2. The smallest absolute Gasteiger partial charge is 0.327 e.